The van der Waals surface area contributed by atoms with Gasteiger partial charge in [0.25, 0.3) is 10.0 Å². The minimum atomic E-state index is -4.00. The highest BCUT2D eigenvalue weighted by Crippen LogP contribution is 2.30. The first kappa shape index (κ1) is 17.0. The van der Waals surface area contributed by atoms with E-state index in [1.165, 1.54) is 12.1 Å². The normalized spacial score (nSPS) is 12.1. The molecule has 1 heterocycles. The van der Waals surface area contributed by atoms with Crippen molar-refractivity contribution in [3.63, 3.8) is 0 Å². The maximum Gasteiger partial charge on any atom is 0.271 e. The summed E-state index contributed by atoms with van der Waals surface area (Å²) in [7, 11) is -7.66. The minimum Gasteiger partial charge on any atom is -0.282 e. The van der Waals surface area contributed by atoms with Crippen molar-refractivity contribution in [2.24, 2.45) is 0 Å². The first-order valence-electron chi connectivity index (χ1n) is 5.62. The molecule has 2 rings (SSSR count). The first-order chi connectivity index (χ1) is 10.1. The van der Waals surface area contributed by atoms with Crippen molar-refractivity contribution in [1.82, 2.24) is 0 Å². The molecular formula is C11H10ClFN2O4S3. The summed E-state index contributed by atoms with van der Waals surface area (Å²) < 4.78 is 64.7. The molecule has 120 valence electrons. The van der Waals surface area contributed by atoms with Gasteiger partial charge in [-0.15, -0.1) is 11.3 Å². The summed E-state index contributed by atoms with van der Waals surface area (Å²) >= 11 is 6.51. The molecule has 0 atom stereocenters. The standard InChI is InChI=1S/C11H10ClFN2O4S3/c1-21(16,17)14-8-3-2-7(13)6-9(8)15-22(18,19)11-5-4-10(12)20-11/h2-6,14-15H,1H3. The van der Waals surface area contributed by atoms with Gasteiger partial charge in [-0.1, -0.05) is 11.6 Å². The van der Waals surface area contributed by atoms with Gasteiger partial charge in [0.15, 0.2) is 0 Å². The summed E-state index contributed by atoms with van der Waals surface area (Å²) in [6.45, 7) is 0. The smallest absolute Gasteiger partial charge is 0.271 e. The predicted octanol–water partition coefficient (Wildman–Crippen LogP) is 2.71. The van der Waals surface area contributed by atoms with E-state index in [0.717, 1.165) is 35.8 Å². The van der Waals surface area contributed by atoms with Crippen molar-refractivity contribution in [2.45, 2.75) is 4.21 Å². The number of nitrogens with one attached hydrogen (secondary N) is 2. The van der Waals surface area contributed by atoms with E-state index in [1.54, 1.807) is 0 Å². The summed E-state index contributed by atoms with van der Waals surface area (Å²) in [6.07, 6.45) is 0.897. The summed E-state index contributed by atoms with van der Waals surface area (Å²) in [5.74, 6) is -0.721. The number of rotatable bonds is 5. The molecule has 0 aliphatic heterocycles. The van der Waals surface area contributed by atoms with Gasteiger partial charge in [-0.05, 0) is 24.3 Å². The molecule has 1 aromatic carbocycles. The number of hydrogen-bond donors (Lipinski definition) is 2. The molecule has 1 aromatic heterocycles. The maximum absolute atomic E-state index is 13.3. The van der Waals surface area contributed by atoms with E-state index in [4.69, 9.17) is 11.6 Å². The quantitative estimate of drug-likeness (QED) is 0.828. The number of hydrogen-bond acceptors (Lipinski definition) is 5. The highest BCUT2D eigenvalue weighted by atomic mass is 35.5. The largest absolute Gasteiger partial charge is 0.282 e. The van der Waals surface area contributed by atoms with E-state index >= 15 is 0 Å². The van der Waals surface area contributed by atoms with E-state index in [0.29, 0.717) is 0 Å². The molecule has 2 aromatic rings. The molecule has 0 aliphatic carbocycles. The van der Waals surface area contributed by atoms with Gasteiger partial charge in [0.2, 0.25) is 10.0 Å². The fourth-order valence-corrected chi connectivity index (χ4v) is 4.66. The zero-order chi connectivity index (χ0) is 16.5. The summed E-state index contributed by atoms with van der Waals surface area (Å²) in [5, 5.41) is 0. The Morgan fingerprint density at radius 3 is 2.27 bits per heavy atom. The van der Waals surface area contributed by atoms with Gasteiger partial charge >= 0.3 is 0 Å². The Labute approximate surface area is 136 Å². The highest BCUT2D eigenvalue weighted by molar-refractivity contribution is 7.94. The maximum atomic E-state index is 13.3. The average Bonchev–Trinajstić information content (AvgIpc) is 2.78. The number of thiophene rings is 1. The van der Waals surface area contributed by atoms with Gasteiger partial charge in [-0.25, -0.2) is 21.2 Å². The van der Waals surface area contributed by atoms with Crippen LogP contribution in [0.4, 0.5) is 15.8 Å². The van der Waals surface area contributed by atoms with Crippen molar-refractivity contribution < 1.29 is 21.2 Å². The monoisotopic (exact) mass is 384 g/mol. The van der Waals surface area contributed by atoms with Gasteiger partial charge < -0.3 is 0 Å². The van der Waals surface area contributed by atoms with E-state index < -0.39 is 25.9 Å². The van der Waals surface area contributed by atoms with Crippen LogP contribution in [0.25, 0.3) is 0 Å². The van der Waals surface area contributed by atoms with Crippen LogP contribution in [0, 0.1) is 5.82 Å². The Morgan fingerprint density at radius 2 is 1.73 bits per heavy atom. The van der Waals surface area contributed by atoms with Gasteiger partial charge in [0.05, 0.1) is 22.0 Å². The van der Waals surface area contributed by atoms with Crippen molar-refractivity contribution in [1.29, 1.82) is 0 Å². The number of sulfonamides is 2. The molecule has 11 heteroatoms. The molecule has 0 unspecified atom stereocenters. The zero-order valence-corrected chi connectivity index (χ0v) is 14.2. The molecule has 0 radical (unpaired) electrons. The van der Waals surface area contributed by atoms with Crippen LogP contribution in [0.2, 0.25) is 4.34 Å². The lowest BCUT2D eigenvalue weighted by molar-refractivity contribution is 0.601. The van der Waals surface area contributed by atoms with E-state index in [-0.39, 0.29) is 19.9 Å². The predicted molar refractivity (Wildman–Crippen MR) is 85.0 cm³/mol. The molecule has 22 heavy (non-hydrogen) atoms. The van der Waals surface area contributed by atoms with Crippen LogP contribution in [-0.2, 0) is 20.0 Å². The lowest BCUT2D eigenvalue weighted by atomic mass is 10.3. The lowest BCUT2D eigenvalue weighted by Crippen LogP contribution is -2.16. The fourth-order valence-electron chi connectivity index (χ4n) is 1.53. The highest BCUT2D eigenvalue weighted by Gasteiger charge is 2.19. The molecule has 0 spiro atoms. The van der Waals surface area contributed by atoms with E-state index in [9.17, 15) is 21.2 Å². The van der Waals surface area contributed by atoms with Gasteiger partial charge in [-0.2, -0.15) is 0 Å². The van der Waals surface area contributed by atoms with E-state index in [1.807, 2.05) is 0 Å². The van der Waals surface area contributed by atoms with Crippen molar-refractivity contribution in [3.8, 4) is 0 Å². The fraction of sp³-hybridized carbons (Fsp3) is 0.0909. The van der Waals surface area contributed by atoms with Crippen LogP contribution in [0.3, 0.4) is 0 Å². The number of anilines is 2. The van der Waals surface area contributed by atoms with Crippen molar-refractivity contribution >= 4 is 54.4 Å². The second-order valence-electron chi connectivity index (χ2n) is 4.23. The molecule has 2 N–H and O–H groups in total. The first-order valence-corrected chi connectivity index (χ1v) is 10.2. The average molecular weight is 385 g/mol. The Bertz CT molecular complexity index is 909. The lowest BCUT2D eigenvalue weighted by Gasteiger charge is -2.12. The minimum absolute atomic E-state index is 0.0768. The third-order valence-electron chi connectivity index (χ3n) is 2.33. The van der Waals surface area contributed by atoms with Gasteiger partial charge in [0, 0.05) is 6.07 Å². The number of benzene rings is 1. The number of halogens is 2. The van der Waals surface area contributed by atoms with Crippen LogP contribution in [-0.4, -0.2) is 23.1 Å². The third kappa shape index (κ3) is 4.32. The Balaban J connectivity index is 2.42. The van der Waals surface area contributed by atoms with Crippen LogP contribution < -0.4 is 9.44 Å². The van der Waals surface area contributed by atoms with Crippen LogP contribution in [0.1, 0.15) is 0 Å². The second kappa shape index (κ2) is 6.03. The topological polar surface area (TPSA) is 92.3 Å². The van der Waals surface area contributed by atoms with Crippen LogP contribution >= 0.6 is 22.9 Å². The van der Waals surface area contributed by atoms with Gasteiger partial charge in [0.1, 0.15) is 10.0 Å². The second-order valence-corrected chi connectivity index (χ2v) is 9.60. The Kier molecular flexibility index (Phi) is 4.66. The molecule has 0 saturated heterocycles. The van der Waals surface area contributed by atoms with Crippen LogP contribution in [0.15, 0.2) is 34.5 Å². The SMILES string of the molecule is CS(=O)(=O)Nc1ccc(F)cc1NS(=O)(=O)c1ccc(Cl)s1. The molecule has 0 amide bonds. The van der Waals surface area contributed by atoms with E-state index in [2.05, 4.69) is 9.44 Å². The van der Waals surface area contributed by atoms with Gasteiger partial charge in [-0.3, -0.25) is 9.44 Å². The summed E-state index contributed by atoms with van der Waals surface area (Å²) in [4.78, 5) is 0. The summed E-state index contributed by atoms with van der Waals surface area (Å²) in [5.41, 5.74) is -0.315. The molecule has 0 aliphatic rings. The molecule has 0 fully saturated rings. The molecule has 0 saturated carbocycles. The molecule has 0 bridgehead atoms. The van der Waals surface area contributed by atoms with Crippen molar-refractivity contribution in [2.75, 3.05) is 15.7 Å². The zero-order valence-electron chi connectivity index (χ0n) is 11.0. The molecule has 6 nitrogen and oxygen atoms in total. The Hall–Kier alpha value is -1.36. The molecular weight excluding hydrogens is 375 g/mol. The Morgan fingerprint density at radius 1 is 1.05 bits per heavy atom. The summed E-state index contributed by atoms with van der Waals surface area (Å²) in [6, 6.07) is 5.70. The van der Waals surface area contributed by atoms with Crippen LogP contribution in [0.5, 0.6) is 0 Å². The third-order valence-corrected chi connectivity index (χ3v) is 6.01. The van der Waals surface area contributed by atoms with Crippen molar-refractivity contribution in [3.05, 3.63) is 40.5 Å².